The number of nitrogen functional groups attached to an aromatic ring is 1. The van der Waals surface area contributed by atoms with Crippen LogP contribution in [0.5, 0.6) is 0 Å². The summed E-state index contributed by atoms with van der Waals surface area (Å²) in [5, 5.41) is 21.1. The summed E-state index contributed by atoms with van der Waals surface area (Å²) in [4.78, 5) is 12.0. The van der Waals surface area contributed by atoms with Crippen molar-refractivity contribution in [3.8, 4) is 0 Å². The number of hydrogen-bond acceptors (Lipinski definition) is 4. The van der Waals surface area contributed by atoms with Gasteiger partial charge in [0.2, 0.25) is 0 Å². The molecule has 0 aliphatic carbocycles. The number of aromatic amines is 1. The molecule has 0 aliphatic rings. The molecule has 0 bridgehead atoms. The van der Waals surface area contributed by atoms with Gasteiger partial charge < -0.3 is 16.2 Å². The Morgan fingerprint density at radius 1 is 1.43 bits per heavy atom. The minimum atomic E-state index is -0.396. The van der Waals surface area contributed by atoms with Crippen molar-refractivity contribution in [2.75, 3.05) is 17.7 Å². The molecule has 0 spiro atoms. The lowest BCUT2D eigenvalue weighted by Crippen LogP contribution is -2.33. The Balaban J connectivity index is 2.03. The first-order chi connectivity index (χ1) is 10.1. The van der Waals surface area contributed by atoms with Crippen molar-refractivity contribution in [2.24, 2.45) is 0 Å². The molecule has 0 aliphatic heterocycles. The summed E-state index contributed by atoms with van der Waals surface area (Å²) < 4.78 is 0. The van der Waals surface area contributed by atoms with Crippen LogP contribution < -0.4 is 16.4 Å². The molecule has 6 N–H and O–H groups in total. The van der Waals surface area contributed by atoms with Gasteiger partial charge in [-0.25, -0.2) is 4.79 Å². The SMILES string of the molecule is Cc1c(NC(=O)N[C@H](CCO)c2ccccc2)n[nH]c1N. The maximum atomic E-state index is 12.0. The molecular weight excluding hydrogens is 270 g/mol. The number of anilines is 2. The van der Waals surface area contributed by atoms with Gasteiger partial charge in [-0.3, -0.25) is 10.4 Å². The lowest BCUT2D eigenvalue weighted by atomic mass is 10.0. The number of amides is 2. The molecule has 1 atom stereocenters. The number of hydrogen-bond donors (Lipinski definition) is 5. The number of aliphatic hydroxyl groups excluding tert-OH is 1. The van der Waals surface area contributed by atoms with Crippen LogP contribution in [0.4, 0.5) is 16.4 Å². The number of carbonyl (C=O) groups is 1. The van der Waals surface area contributed by atoms with Crippen molar-refractivity contribution in [3.63, 3.8) is 0 Å². The largest absolute Gasteiger partial charge is 0.396 e. The van der Waals surface area contributed by atoms with Gasteiger partial charge in [-0.2, -0.15) is 5.10 Å². The van der Waals surface area contributed by atoms with Gasteiger partial charge in [0.05, 0.1) is 6.04 Å². The fourth-order valence-electron chi connectivity index (χ4n) is 1.97. The van der Waals surface area contributed by atoms with Crippen molar-refractivity contribution >= 4 is 17.7 Å². The highest BCUT2D eigenvalue weighted by Gasteiger charge is 2.16. The molecule has 1 heterocycles. The molecule has 7 nitrogen and oxygen atoms in total. The number of H-pyrrole nitrogens is 1. The Morgan fingerprint density at radius 3 is 2.71 bits per heavy atom. The number of benzene rings is 1. The number of nitrogens with two attached hydrogens (primary N) is 1. The predicted octanol–water partition coefficient (Wildman–Crippen LogP) is 1.55. The molecule has 2 aromatic rings. The number of rotatable bonds is 5. The summed E-state index contributed by atoms with van der Waals surface area (Å²) in [6.45, 7) is 1.74. The van der Waals surface area contributed by atoms with E-state index in [2.05, 4.69) is 20.8 Å². The number of aromatic nitrogens is 2. The van der Waals surface area contributed by atoms with E-state index < -0.39 is 6.03 Å². The van der Waals surface area contributed by atoms with Gasteiger partial charge in [-0.15, -0.1) is 0 Å². The molecule has 0 saturated carbocycles. The summed E-state index contributed by atoms with van der Waals surface area (Å²) in [7, 11) is 0. The topological polar surface area (TPSA) is 116 Å². The number of aliphatic hydroxyl groups is 1. The third kappa shape index (κ3) is 3.73. The van der Waals surface area contributed by atoms with Gasteiger partial charge in [0, 0.05) is 12.2 Å². The molecule has 7 heteroatoms. The number of carbonyl (C=O) groups excluding carboxylic acids is 1. The summed E-state index contributed by atoms with van der Waals surface area (Å²) >= 11 is 0. The minimum Gasteiger partial charge on any atom is -0.396 e. The van der Waals surface area contributed by atoms with Crippen LogP contribution in [-0.4, -0.2) is 27.9 Å². The van der Waals surface area contributed by atoms with Crippen LogP contribution in [0.25, 0.3) is 0 Å². The van der Waals surface area contributed by atoms with Crippen LogP contribution in [0.2, 0.25) is 0 Å². The van der Waals surface area contributed by atoms with Gasteiger partial charge in [0.15, 0.2) is 5.82 Å². The number of nitrogens with zero attached hydrogens (tertiary/aromatic N) is 1. The Labute approximate surface area is 122 Å². The second-order valence-corrected chi connectivity index (χ2v) is 4.68. The van der Waals surface area contributed by atoms with Crippen LogP contribution in [0.3, 0.4) is 0 Å². The van der Waals surface area contributed by atoms with Gasteiger partial charge >= 0.3 is 6.03 Å². The summed E-state index contributed by atoms with van der Waals surface area (Å²) in [6, 6.07) is 8.81. The second kappa shape index (κ2) is 6.76. The van der Waals surface area contributed by atoms with Gasteiger partial charge in [0.1, 0.15) is 5.82 Å². The zero-order valence-electron chi connectivity index (χ0n) is 11.8. The third-order valence-electron chi connectivity index (χ3n) is 3.20. The Morgan fingerprint density at radius 2 is 2.14 bits per heavy atom. The number of nitrogens with one attached hydrogen (secondary N) is 3. The zero-order valence-corrected chi connectivity index (χ0v) is 11.8. The first-order valence-electron chi connectivity index (χ1n) is 6.65. The molecule has 1 aromatic heterocycles. The molecule has 0 unspecified atom stereocenters. The Kier molecular flexibility index (Phi) is 4.78. The Hall–Kier alpha value is -2.54. The second-order valence-electron chi connectivity index (χ2n) is 4.68. The van der Waals surface area contributed by atoms with E-state index in [1.165, 1.54) is 0 Å². The van der Waals surface area contributed by atoms with E-state index in [0.717, 1.165) is 5.56 Å². The smallest absolute Gasteiger partial charge is 0.320 e. The monoisotopic (exact) mass is 289 g/mol. The highest BCUT2D eigenvalue weighted by atomic mass is 16.3. The molecule has 112 valence electrons. The van der Waals surface area contributed by atoms with Gasteiger partial charge in [-0.1, -0.05) is 30.3 Å². The number of urea groups is 1. The molecular formula is C14H19N5O2. The fraction of sp³-hybridized carbons (Fsp3) is 0.286. The van der Waals surface area contributed by atoms with Crippen molar-refractivity contribution in [1.82, 2.24) is 15.5 Å². The standard InChI is InChI=1S/C14H19N5O2/c1-9-12(15)18-19-13(9)17-14(21)16-11(7-8-20)10-5-3-2-4-6-10/h2-6,11,20H,7-8H2,1H3,(H5,15,16,17,18,19,21)/t11-/m1/s1. The molecule has 21 heavy (non-hydrogen) atoms. The van der Waals surface area contributed by atoms with Crippen LogP contribution in [-0.2, 0) is 0 Å². The maximum absolute atomic E-state index is 12.0. The normalized spacial score (nSPS) is 11.9. The van der Waals surface area contributed by atoms with Crippen LogP contribution >= 0.6 is 0 Å². The van der Waals surface area contributed by atoms with Crippen molar-refractivity contribution in [3.05, 3.63) is 41.5 Å². The van der Waals surface area contributed by atoms with Crippen molar-refractivity contribution in [1.29, 1.82) is 0 Å². The maximum Gasteiger partial charge on any atom is 0.320 e. The highest BCUT2D eigenvalue weighted by molar-refractivity contribution is 5.89. The van der Waals surface area contributed by atoms with E-state index in [9.17, 15) is 4.79 Å². The summed E-state index contributed by atoms with van der Waals surface area (Å²) in [5.41, 5.74) is 7.25. The van der Waals surface area contributed by atoms with E-state index in [1.807, 2.05) is 30.3 Å². The van der Waals surface area contributed by atoms with E-state index in [1.54, 1.807) is 6.92 Å². The molecule has 2 amide bonds. The molecule has 0 radical (unpaired) electrons. The average Bonchev–Trinajstić information content (AvgIpc) is 2.80. The molecule has 0 saturated heterocycles. The first-order valence-corrected chi connectivity index (χ1v) is 6.65. The predicted molar refractivity (Wildman–Crippen MR) is 80.8 cm³/mol. The molecule has 0 fully saturated rings. The fourth-order valence-corrected chi connectivity index (χ4v) is 1.97. The lowest BCUT2D eigenvalue weighted by molar-refractivity contribution is 0.239. The van der Waals surface area contributed by atoms with E-state index in [-0.39, 0.29) is 12.6 Å². The average molecular weight is 289 g/mol. The van der Waals surface area contributed by atoms with Crippen LogP contribution in [0, 0.1) is 6.92 Å². The Bertz CT molecular complexity index is 597. The minimum absolute atomic E-state index is 0.0196. The van der Waals surface area contributed by atoms with Crippen LogP contribution in [0.1, 0.15) is 23.6 Å². The first kappa shape index (κ1) is 14.9. The van der Waals surface area contributed by atoms with Gasteiger partial charge in [0.25, 0.3) is 0 Å². The van der Waals surface area contributed by atoms with Gasteiger partial charge in [-0.05, 0) is 18.9 Å². The van der Waals surface area contributed by atoms with Crippen LogP contribution in [0.15, 0.2) is 30.3 Å². The third-order valence-corrected chi connectivity index (χ3v) is 3.20. The zero-order chi connectivity index (χ0) is 15.2. The molecule has 1 aromatic carbocycles. The van der Waals surface area contributed by atoms with Crippen molar-refractivity contribution in [2.45, 2.75) is 19.4 Å². The summed E-state index contributed by atoms with van der Waals surface area (Å²) in [5.74, 6) is 0.807. The van der Waals surface area contributed by atoms with E-state index in [4.69, 9.17) is 10.8 Å². The molecule has 2 rings (SSSR count). The quantitative estimate of drug-likeness (QED) is 0.574. The summed E-state index contributed by atoms with van der Waals surface area (Å²) in [6.07, 6.45) is 0.430. The lowest BCUT2D eigenvalue weighted by Gasteiger charge is -2.18. The highest BCUT2D eigenvalue weighted by Crippen LogP contribution is 2.18. The van der Waals surface area contributed by atoms with Crippen molar-refractivity contribution < 1.29 is 9.90 Å². The van der Waals surface area contributed by atoms with E-state index >= 15 is 0 Å². The van der Waals surface area contributed by atoms with E-state index in [0.29, 0.717) is 23.6 Å².